The number of aromatic nitrogens is 3. The highest BCUT2D eigenvalue weighted by atomic mass is 32.2. The molecule has 2 aromatic carbocycles. The summed E-state index contributed by atoms with van der Waals surface area (Å²) in [6.45, 7) is 5.18. The fraction of sp³-hybridized carbons (Fsp3) is 0.227. The summed E-state index contributed by atoms with van der Waals surface area (Å²) in [7, 11) is 0. The van der Waals surface area contributed by atoms with Gasteiger partial charge in [0.2, 0.25) is 0 Å². The molecule has 8 heteroatoms. The first-order chi connectivity index (χ1) is 14.5. The Labute approximate surface area is 182 Å². The number of halogens is 1. The Balaban J connectivity index is 1.67. The van der Waals surface area contributed by atoms with Gasteiger partial charge in [-0.05, 0) is 42.5 Å². The van der Waals surface area contributed by atoms with Crippen LogP contribution in [0.4, 0.5) is 9.52 Å². The van der Waals surface area contributed by atoms with Crippen molar-refractivity contribution in [3.8, 4) is 0 Å². The summed E-state index contributed by atoms with van der Waals surface area (Å²) in [6, 6.07) is 14.0. The van der Waals surface area contributed by atoms with Crippen molar-refractivity contribution in [2.24, 2.45) is 0 Å². The van der Waals surface area contributed by atoms with Crippen LogP contribution >= 0.6 is 23.1 Å². The molecule has 0 spiro atoms. The van der Waals surface area contributed by atoms with Crippen LogP contribution in [0.3, 0.4) is 0 Å². The lowest BCUT2D eigenvalue weighted by Gasteiger charge is -2.20. The maximum atomic E-state index is 13.6. The first-order valence-corrected chi connectivity index (χ1v) is 11.3. The van der Waals surface area contributed by atoms with Crippen LogP contribution in [-0.2, 0) is 6.54 Å². The molecule has 0 aliphatic heterocycles. The van der Waals surface area contributed by atoms with E-state index in [9.17, 15) is 9.18 Å². The fourth-order valence-electron chi connectivity index (χ4n) is 3.05. The van der Waals surface area contributed by atoms with E-state index >= 15 is 0 Å². The molecule has 0 aliphatic carbocycles. The number of rotatable bonds is 7. The van der Waals surface area contributed by atoms with Crippen LogP contribution in [0.5, 0.6) is 0 Å². The van der Waals surface area contributed by atoms with E-state index in [1.807, 2.05) is 36.5 Å². The standard InChI is InChI=1S/C22H21FN4OS2/c1-15(2)29-18-6-3-5-16(13-18)21(28)27(12-11-26-10-4-9-24-26)22-25-19-8-7-17(23)14-20(19)30-22/h3-10,13-15H,11-12H2,1-2H3. The van der Waals surface area contributed by atoms with Gasteiger partial charge in [-0.25, -0.2) is 9.37 Å². The van der Waals surface area contributed by atoms with Gasteiger partial charge in [-0.3, -0.25) is 14.4 Å². The number of thioether (sulfide) groups is 1. The second-order valence-electron chi connectivity index (χ2n) is 7.03. The lowest BCUT2D eigenvalue weighted by Crippen LogP contribution is -2.34. The van der Waals surface area contributed by atoms with Gasteiger partial charge in [-0.1, -0.05) is 31.3 Å². The monoisotopic (exact) mass is 440 g/mol. The molecule has 0 saturated heterocycles. The summed E-state index contributed by atoms with van der Waals surface area (Å²) >= 11 is 3.03. The number of carbonyl (C=O) groups excluding carboxylic acids is 1. The molecule has 0 radical (unpaired) electrons. The third-order valence-corrected chi connectivity index (χ3v) is 6.42. The normalized spacial score (nSPS) is 11.3. The molecule has 2 heterocycles. The molecule has 154 valence electrons. The number of anilines is 1. The predicted molar refractivity (Wildman–Crippen MR) is 121 cm³/mol. The molecule has 2 aromatic heterocycles. The molecule has 1 amide bonds. The van der Waals surface area contributed by atoms with E-state index in [1.54, 1.807) is 33.6 Å². The number of amides is 1. The highest BCUT2D eigenvalue weighted by molar-refractivity contribution is 7.99. The Morgan fingerprint density at radius 2 is 2.10 bits per heavy atom. The average molecular weight is 441 g/mol. The summed E-state index contributed by atoms with van der Waals surface area (Å²) in [5, 5.41) is 5.20. The number of thiazole rings is 1. The summed E-state index contributed by atoms with van der Waals surface area (Å²) in [4.78, 5) is 20.8. The third-order valence-electron chi connectivity index (χ3n) is 4.38. The van der Waals surface area contributed by atoms with Crippen LogP contribution in [0, 0.1) is 5.82 Å². The fourth-order valence-corrected chi connectivity index (χ4v) is 4.96. The van der Waals surface area contributed by atoms with E-state index in [-0.39, 0.29) is 11.7 Å². The number of fused-ring (bicyclic) bond motifs is 1. The molecule has 0 fully saturated rings. The van der Waals surface area contributed by atoms with Crippen LogP contribution < -0.4 is 4.90 Å². The molecule has 4 aromatic rings. The van der Waals surface area contributed by atoms with Gasteiger partial charge in [-0.15, -0.1) is 11.8 Å². The molecule has 0 aliphatic rings. The summed E-state index contributed by atoms with van der Waals surface area (Å²) < 4.78 is 16.1. The molecule has 0 bridgehead atoms. The van der Waals surface area contributed by atoms with E-state index in [4.69, 9.17) is 0 Å². The molecular weight excluding hydrogens is 419 g/mol. The van der Waals surface area contributed by atoms with E-state index < -0.39 is 0 Å². The van der Waals surface area contributed by atoms with Crippen molar-refractivity contribution >= 4 is 44.4 Å². The van der Waals surface area contributed by atoms with E-state index in [1.165, 1.54) is 23.5 Å². The highest BCUT2D eigenvalue weighted by Crippen LogP contribution is 2.31. The number of nitrogens with zero attached hydrogens (tertiary/aromatic N) is 4. The van der Waals surface area contributed by atoms with Gasteiger partial charge in [0.1, 0.15) is 5.82 Å². The lowest BCUT2D eigenvalue weighted by molar-refractivity contribution is 0.0985. The van der Waals surface area contributed by atoms with Crippen molar-refractivity contribution in [1.29, 1.82) is 0 Å². The van der Waals surface area contributed by atoms with Crippen molar-refractivity contribution in [2.45, 2.75) is 30.5 Å². The highest BCUT2D eigenvalue weighted by Gasteiger charge is 2.22. The Morgan fingerprint density at radius 1 is 1.23 bits per heavy atom. The average Bonchev–Trinajstić information content (AvgIpc) is 3.37. The molecule has 0 N–H and O–H groups in total. The van der Waals surface area contributed by atoms with Gasteiger partial charge < -0.3 is 0 Å². The van der Waals surface area contributed by atoms with Gasteiger partial charge in [0.25, 0.3) is 5.91 Å². The maximum Gasteiger partial charge on any atom is 0.260 e. The van der Waals surface area contributed by atoms with Crippen molar-refractivity contribution in [3.63, 3.8) is 0 Å². The number of benzene rings is 2. The van der Waals surface area contributed by atoms with Crippen LogP contribution in [0.2, 0.25) is 0 Å². The van der Waals surface area contributed by atoms with Gasteiger partial charge in [0.15, 0.2) is 5.13 Å². The van der Waals surface area contributed by atoms with E-state index in [0.717, 1.165) is 4.90 Å². The van der Waals surface area contributed by atoms with Crippen molar-refractivity contribution in [3.05, 3.63) is 72.3 Å². The van der Waals surface area contributed by atoms with Crippen LogP contribution in [0.15, 0.2) is 65.8 Å². The first kappa shape index (κ1) is 20.6. The molecule has 5 nitrogen and oxygen atoms in total. The molecule has 4 rings (SSSR count). The minimum Gasteiger partial charge on any atom is -0.282 e. The largest absolute Gasteiger partial charge is 0.282 e. The number of hydrogen-bond donors (Lipinski definition) is 0. The van der Waals surface area contributed by atoms with Crippen LogP contribution in [0.1, 0.15) is 24.2 Å². The van der Waals surface area contributed by atoms with Gasteiger partial charge >= 0.3 is 0 Å². The second-order valence-corrected chi connectivity index (χ2v) is 9.69. The number of carbonyl (C=O) groups is 1. The van der Waals surface area contributed by atoms with Gasteiger partial charge in [-0.2, -0.15) is 5.10 Å². The zero-order chi connectivity index (χ0) is 21.1. The topological polar surface area (TPSA) is 51.0 Å². The van der Waals surface area contributed by atoms with Gasteiger partial charge in [0, 0.05) is 34.6 Å². The predicted octanol–water partition coefficient (Wildman–Crippen LogP) is 5.48. The lowest BCUT2D eigenvalue weighted by atomic mass is 10.2. The second kappa shape index (κ2) is 8.97. The van der Waals surface area contributed by atoms with Crippen molar-refractivity contribution < 1.29 is 9.18 Å². The summed E-state index contributed by atoms with van der Waals surface area (Å²) in [5.41, 5.74) is 1.28. The van der Waals surface area contributed by atoms with Gasteiger partial charge in [0.05, 0.1) is 16.8 Å². The Kier molecular flexibility index (Phi) is 6.15. The third kappa shape index (κ3) is 4.71. The Morgan fingerprint density at radius 3 is 2.87 bits per heavy atom. The zero-order valence-corrected chi connectivity index (χ0v) is 18.3. The minimum atomic E-state index is -0.314. The SMILES string of the molecule is CC(C)Sc1cccc(C(=O)N(CCn2cccn2)c2nc3ccc(F)cc3s2)c1. The molecule has 0 saturated carbocycles. The van der Waals surface area contributed by atoms with Crippen molar-refractivity contribution in [2.75, 3.05) is 11.4 Å². The maximum absolute atomic E-state index is 13.6. The Hall–Kier alpha value is -2.71. The smallest absolute Gasteiger partial charge is 0.260 e. The summed E-state index contributed by atoms with van der Waals surface area (Å²) in [6.07, 6.45) is 3.56. The Bertz CT molecular complexity index is 1160. The minimum absolute atomic E-state index is 0.132. The zero-order valence-electron chi connectivity index (χ0n) is 16.7. The quantitative estimate of drug-likeness (QED) is 0.357. The van der Waals surface area contributed by atoms with E-state index in [2.05, 4.69) is 23.9 Å². The molecular formula is C22H21FN4OS2. The first-order valence-electron chi connectivity index (χ1n) is 9.62. The molecule has 30 heavy (non-hydrogen) atoms. The van der Waals surface area contributed by atoms with Crippen molar-refractivity contribution in [1.82, 2.24) is 14.8 Å². The van der Waals surface area contributed by atoms with E-state index in [0.29, 0.717) is 39.3 Å². The molecule has 0 atom stereocenters. The summed E-state index contributed by atoms with van der Waals surface area (Å²) in [5.74, 6) is -0.446. The number of hydrogen-bond acceptors (Lipinski definition) is 5. The van der Waals surface area contributed by atoms with Crippen LogP contribution in [-0.4, -0.2) is 32.5 Å². The molecule has 0 unspecified atom stereocenters. The van der Waals surface area contributed by atoms with Crippen LogP contribution in [0.25, 0.3) is 10.2 Å².